The molecule has 1 heterocycles. The Morgan fingerprint density at radius 3 is 2.56 bits per heavy atom. The normalized spacial score (nSPS) is 10.7. The average Bonchev–Trinajstić information content (AvgIpc) is 2.56. The molecular weight excluding hydrogens is 226 g/mol. The van der Waals surface area contributed by atoms with Crippen LogP contribution in [0.2, 0.25) is 0 Å². The van der Waals surface area contributed by atoms with Crippen LogP contribution in [-0.4, -0.2) is 14.9 Å². The van der Waals surface area contributed by atoms with Crippen molar-refractivity contribution < 1.29 is 5.11 Å². The Morgan fingerprint density at radius 1 is 1.28 bits per heavy atom. The van der Waals surface area contributed by atoms with E-state index in [1.54, 1.807) is 6.07 Å². The molecule has 2 aromatic rings. The minimum atomic E-state index is 0.328. The van der Waals surface area contributed by atoms with Gasteiger partial charge in [-0.1, -0.05) is 0 Å². The molecule has 4 heteroatoms. The van der Waals surface area contributed by atoms with Crippen LogP contribution in [0, 0.1) is 20.8 Å². The van der Waals surface area contributed by atoms with Crippen LogP contribution in [0.5, 0.6) is 5.75 Å². The molecule has 0 aliphatic rings. The second-order valence-corrected chi connectivity index (χ2v) is 4.63. The summed E-state index contributed by atoms with van der Waals surface area (Å²) in [7, 11) is 1.95. The van der Waals surface area contributed by atoms with Crippen LogP contribution < -0.4 is 5.32 Å². The van der Waals surface area contributed by atoms with Gasteiger partial charge in [0.1, 0.15) is 5.75 Å². The van der Waals surface area contributed by atoms with Crippen molar-refractivity contribution in [3.63, 3.8) is 0 Å². The fourth-order valence-electron chi connectivity index (χ4n) is 2.03. The molecule has 0 saturated carbocycles. The van der Waals surface area contributed by atoms with Crippen molar-refractivity contribution in [1.29, 1.82) is 0 Å². The Labute approximate surface area is 107 Å². The topological polar surface area (TPSA) is 50.1 Å². The second kappa shape index (κ2) is 4.72. The van der Waals surface area contributed by atoms with Crippen molar-refractivity contribution >= 4 is 5.69 Å². The minimum absolute atomic E-state index is 0.328. The lowest BCUT2D eigenvalue weighted by molar-refractivity contribution is 0.471. The van der Waals surface area contributed by atoms with Crippen LogP contribution in [0.1, 0.15) is 22.5 Å². The summed E-state index contributed by atoms with van der Waals surface area (Å²) in [5.41, 5.74) is 5.34. The highest BCUT2D eigenvalue weighted by Crippen LogP contribution is 2.21. The lowest BCUT2D eigenvalue weighted by Gasteiger charge is -2.08. The van der Waals surface area contributed by atoms with Crippen molar-refractivity contribution in [3.05, 3.63) is 40.7 Å². The van der Waals surface area contributed by atoms with E-state index in [9.17, 15) is 5.11 Å². The molecule has 0 unspecified atom stereocenters. The van der Waals surface area contributed by atoms with Gasteiger partial charge in [0, 0.05) is 30.5 Å². The van der Waals surface area contributed by atoms with E-state index in [1.165, 1.54) is 11.3 Å². The van der Waals surface area contributed by atoms with E-state index in [1.807, 2.05) is 37.7 Å². The van der Waals surface area contributed by atoms with Gasteiger partial charge in [0.2, 0.25) is 0 Å². The van der Waals surface area contributed by atoms with Gasteiger partial charge in [0.15, 0.2) is 0 Å². The van der Waals surface area contributed by atoms with Crippen LogP contribution in [0.4, 0.5) is 5.69 Å². The highest BCUT2D eigenvalue weighted by Gasteiger charge is 2.08. The summed E-state index contributed by atoms with van der Waals surface area (Å²) in [6, 6.07) is 5.53. The summed E-state index contributed by atoms with van der Waals surface area (Å²) < 4.78 is 1.90. The number of aromatic hydroxyl groups is 1. The van der Waals surface area contributed by atoms with E-state index in [0.29, 0.717) is 5.75 Å². The van der Waals surface area contributed by atoms with Gasteiger partial charge in [-0.15, -0.1) is 0 Å². The highest BCUT2D eigenvalue weighted by molar-refractivity contribution is 5.50. The van der Waals surface area contributed by atoms with E-state index < -0.39 is 0 Å². The third-order valence-electron chi connectivity index (χ3n) is 3.32. The third kappa shape index (κ3) is 2.32. The molecule has 0 aliphatic heterocycles. The first-order valence-electron chi connectivity index (χ1n) is 6.01. The lowest BCUT2D eigenvalue weighted by atomic mass is 10.1. The predicted octanol–water partition coefficient (Wildman–Crippen LogP) is 2.66. The van der Waals surface area contributed by atoms with Crippen molar-refractivity contribution in [2.75, 3.05) is 5.32 Å². The third-order valence-corrected chi connectivity index (χ3v) is 3.32. The first-order valence-corrected chi connectivity index (χ1v) is 6.01. The molecule has 4 nitrogen and oxygen atoms in total. The largest absolute Gasteiger partial charge is 0.508 e. The SMILES string of the molecule is Cc1cc(NCc2c(C)nn(C)c2C)ccc1O. The molecule has 0 aliphatic carbocycles. The molecular formula is C14H19N3O. The van der Waals surface area contributed by atoms with Crippen LogP contribution in [-0.2, 0) is 13.6 Å². The number of phenolic OH excluding ortho intramolecular Hbond substituents is 1. The fraction of sp³-hybridized carbons (Fsp3) is 0.357. The summed E-state index contributed by atoms with van der Waals surface area (Å²) >= 11 is 0. The van der Waals surface area contributed by atoms with Gasteiger partial charge in [-0.3, -0.25) is 4.68 Å². The number of nitrogens with zero attached hydrogens (tertiary/aromatic N) is 2. The maximum absolute atomic E-state index is 9.48. The van der Waals surface area contributed by atoms with E-state index in [4.69, 9.17) is 0 Å². The molecule has 0 fully saturated rings. The molecule has 0 bridgehead atoms. The summed E-state index contributed by atoms with van der Waals surface area (Å²) in [6.45, 7) is 6.72. The molecule has 1 aromatic carbocycles. The standard InChI is InChI=1S/C14H19N3O/c1-9-7-12(5-6-14(9)18)15-8-13-10(2)16-17(4)11(13)3/h5-7,15,18H,8H2,1-4H3. The van der Waals surface area contributed by atoms with Crippen molar-refractivity contribution in [2.45, 2.75) is 27.3 Å². The van der Waals surface area contributed by atoms with Gasteiger partial charge >= 0.3 is 0 Å². The quantitative estimate of drug-likeness (QED) is 0.817. The first-order chi connectivity index (χ1) is 8.49. The highest BCUT2D eigenvalue weighted by atomic mass is 16.3. The molecule has 0 radical (unpaired) electrons. The summed E-state index contributed by atoms with van der Waals surface area (Å²) in [5, 5.41) is 17.2. The number of rotatable bonds is 3. The number of hydrogen-bond donors (Lipinski definition) is 2. The van der Waals surface area contributed by atoms with Gasteiger partial charge in [-0.2, -0.15) is 5.10 Å². The van der Waals surface area contributed by atoms with Crippen molar-refractivity contribution in [2.24, 2.45) is 7.05 Å². The Morgan fingerprint density at radius 2 is 2.00 bits per heavy atom. The molecule has 2 rings (SSSR count). The molecule has 1 aromatic heterocycles. The van der Waals surface area contributed by atoms with Crippen LogP contribution in [0.25, 0.3) is 0 Å². The summed E-state index contributed by atoms with van der Waals surface area (Å²) in [6.07, 6.45) is 0. The number of benzene rings is 1. The summed E-state index contributed by atoms with van der Waals surface area (Å²) in [5.74, 6) is 0.328. The van der Waals surface area contributed by atoms with Gasteiger partial charge in [0.25, 0.3) is 0 Å². The summed E-state index contributed by atoms with van der Waals surface area (Å²) in [4.78, 5) is 0. The van der Waals surface area contributed by atoms with E-state index in [-0.39, 0.29) is 0 Å². The predicted molar refractivity (Wildman–Crippen MR) is 72.9 cm³/mol. The Kier molecular flexibility index (Phi) is 3.28. The molecule has 0 amide bonds. The van der Waals surface area contributed by atoms with Gasteiger partial charge < -0.3 is 10.4 Å². The van der Waals surface area contributed by atoms with E-state index in [2.05, 4.69) is 17.3 Å². The second-order valence-electron chi connectivity index (χ2n) is 4.63. The van der Waals surface area contributed by atoms with Gasteiger partial charge in [-0.05, 0) is 44.5 Å². The number of phenols is 1. The Bertz CT molecular complexity index is 573. The fourth-order valence-corrected chi connectivity index (χ4v) is 2.03. The zero-order valence-electron chi connectivity index (χ0n) is 11.3. The van der Waals surface area contributed by atoms with Crippen LogP contribution in [0.15, 0.2) is 18.2 Å². The zero-order valence-corrected chi connectivity index (χ0v) is 11.3. The smallest absolute Gasteiger partial charge is 0.118 e. The van der Waals surface area contributed by atoms with Crippen molar-refractivity contribution in [3.8, 4) is 5.75 Å². The Balaban J connectivity index is 2.14. The first kappa shape index (κ1) is 12.5. The maximum Gasteiger partial charge on any atom is 0.118 e. The van der Waals surface area contributed by atoms with Gasteiger partial charge in [-0.25, -0.2) is 0 Å². The van der Waals surface area contributed by atoms with Gasteiger partial charge in [0.05, 0.1) is 5.69 Å². The number of aryl methyl sites for hydroxylation is 3. The van der Waals surface area contributed by atoms with E-state index >= 15 is 0 Å². The molecule has 0 saturated heterocycles. The minimum Gasteiger partial charge on any atom is -0.508 e. The molecule has 18 heavy (non-hydrogen) atoms. The molecule has 2 N–H and O–H groups in total. The molecule has 96 valence electrons. The number of anilines is 1. The molecule has 0 atom stereocenters. The number of nitrogens with one attached hydrogen (secondary N) is 1. The average molecular weight is 245 g/mol. The number of hydrogen-bond acceptors (Lipinski definition) is 3. The lowest BCUT2D eigenvalue weighted by Crippen LogP contribution is -2.02. The number of aromatic nitrogens is 2. The van der Waals surface area contributed by atoms with E-state index in [0.717, 1.165) is 23.5 Å². The zero-order chi connectivity index (χ0) is 13.3. The Hall–Kier alpha value is -1.97. The van der Waals surface area contributed by atoms with Crippen LogP contribution >= 0.6 is 0 Å². The molecule has 0 spiro atoms. The van der Waals surface area contributed by atoms with Crippen molar-refractivity contribution in [1.82, 2.24) is 9.78 Å². The monoisotopic (exact) mass is 245 g/mol. The van der Waals surface area contributed by atoms with Crippen LogP contribution in [0.3, 0.4) is 0 Å². The maximum atomic E-state index is 9.48.